The number of hydrogen-bond donors (Lipinski definition) is 0. The Bertz CT molecular complexity index is 501. The van der Waals surface area contributed by atoms with Crippen molar-refractivity contribution in [3.05, 3.63) is 11.6 Å². The van der Waals surface area contributed by atoms with Crippen LogP contribution in [0.3, 0.4) is 0 Å². The van der Waals surface area contributed by atoms with Gasteiger partial charge < -0.3 is 19.2 Å². The molecule has 0 aromatic carbocycles. The van der Waals surface area contributed by atoms with Crippen molar-refractivity contribution in [1.29, 1.82) is 0 Å². The number of carbonyl (C=O) groups is 2. The summed E-state index contributed by atoms with van der Waals surface area (Å²) < 4.78 is 9.50. The molecule has 3 heterocycles. The molecule has 130 valence electrons. The molecule has 0 radical (unpaired) electrons. The van der Waals surface area contributed by atoms with E-state index in [1.165, 1.54) is 0 Å². The Kier molecular flexibility index (Phi) is 7.06. The third-order valence-electron chi connectivity index (χ3n) is 3.22. The third-order valence-corrected chi connectivity index (χ3v) is 3.22. The van der Waals surface area contributed by atoms with Gasteiger partial charge in [0.2, 0.25) is 0 Å². The van der Waals surface area contributed by atoms with E-state index in [1.54, 1.807) is 18.9 Å². The minimum Gasteiger partial charge on any atom is -0.455 e. The van der Waals surface area contributed by atoms with Gasteiger partial charge in [-0.05, 0) is 40.7 Å². The average molecular weight is 326 g/mol. The first-order valence-electron chi connectivity index (χ1n) is 7.69. The Balaban J connectivity index is 0.000000173. The molecule has 0 bridgehead atoms. The molecule has 0 N–H and O–H groups in total. The van der Waals surface area contributed by atoms with E-state index in [0.29, 0.717) is 6.10 Å². The fourth-order valence-corrected chi connectivity index (χ4v) is 2.15. The Morgan fingerprint density at radius 3 is 1.91 bits per heavy atom. The van der Waals surface area contributed by atoms with E-state index in [2.05, 4.69) is 5.16 Å². The molecule has 1 saturated heterocycles. The summed E-state index contributed by atoms with van der Waals surface area (Å²) in [6.07, 6.45) is 2.98. The average Bonchev–Trinajstić information content (AvgIpc) is 3.04. The number of nitrogens with zero attached hydrogens (tertiary/aromatic N) is 2. The summed E-state index contributed by atoms with van der Waals surface area (Å²) in [5.74, 6) is -0.183. The molecule has 3 aliphatic rings. The van der Waals surface area contributed by atoms with Crippen molar-refractivity contribution >= 4 is 17.8 Å². The Labute approximate surface area is 137 Å². The molecule has 23 heavy (non-hydrogen) atoms. The molecule has 7 nitrogen and oxygen atoms in total. The van der Waals surface area contributed by atoms with Crippen LogP contribution in [-0.2, 0) is 19.1 Å². The number of ether oxygens (including phenoxy) is 2. The molecule has 0 spiro atoms. The lowest BCUT2D eigenvalue weighted by Gasteiger charge is -1.99. The molecule has 7 heteroatoms. The largest absolute Gasteiger partial charge is 0.455 e. The topological polar surface area (TPSA) is 77.4 Å². The van der Waals surface area contributed by atoms with Gasteiger partial charge in [-0.15, -0.1) is 0 Å². The van der Waals surface area contributed by atoms with Crippen LogP contribution in [0.25, 0.3) is 0 Å². The number of rotatable bonds is 0. The van der Waals surface area contributed by atoms with E-state index in [0.717, 1.165) is 24.3 Å². The van der Waals surface area contributed by atoms with Crippen molar-refractivity contribution in [2.75, 3.05) is 13.6 Å². The zero-order valence-corrected chi connectivity index (χ0v) is 14.7. The highest BCUT2D eigenvalue weighted by Crippen LogP contribution is 2.11. The van der Waals surface area contributed by atoms with Gasteiger partial charge in [0.25, 0.3) is 0 Å². The van der Waals surface area contributed by atoms with Gasteiger partial charge >= 0.3 is 12.1 Å². The Morgan fingerprint density at radius 2 is 1.78 bits per heavy atom. The van der Waals surface area contributed by atoms with E-state index in [1.807, 2.05) is 33.8 Å². The summed E-state index contributed by atoms with van der Waals surface area (Å²) in [6.45, 7) is 10.2. The molecular formula is C16H26N2O5. The molecule has 3 rings (SSSR count). The second-order valence-electron chi connectivity index (χ2n) is 5.98. The van der Waals surface area contributed by atoms with Crippen LogP contribution in [0, 0.1) is 0 Å². The summed E-state index contributed by atoms with van der Waals surface area (Å²) in [6, 6.07) is 0. The Morgan fingerprint density at radius 1 is 1.13 bits per heavy atom. The lowest BCUT2D eigenvalue weighted by Crippen LogP contribution is -2.18. The van der Waals surface area contributed by atoms with Gasteiger partial charge in [-0.1, -0.05) is 5.16 Å². The quantitative estimate of drug-likeness (QED) is 0.639. The highest BCUT2D eigenvalue weighted by atomic mass is 16.6. The summed E-state index contributed by atoms with van der Waals surface area (Å²) in [7, 11) is 1.73. The van der Waals surface area contributed by atoms with Crippen molar-refractivity contribution in [2.45, 2.75) is 59.4 Å². The maximum atomic E-state index is 10.5. The van der Waals surface area contributed by atoms with Gasteiger partial charge in [-0.3, -0.25) is 0 Å². The zero-order chi connectivity index (χ0) is 17.6. The molecule has 0 aliphatic carbocycles. The van der Waals surface area contributed by atoms with Crippen LogP contribution in [-0.4, -0.2) is 54.6 Å². The number of hydrogen-bond acceptors (Lipinski definition) is 6. The first-order valence-corrected chi connectivity index (χ1v) is 7.69. The molecule has 0 aromatic rings. The van der Waals surface area contributed by atoms with Gasteiger partial charge in [0, 0.05) is 19.0 Å². The van der Waals surface area contributed by atoms with Crippen LogP contribution in [0.5, 0.6) is 0 Å². The summed E-state index contributed by atoms with van der Waals surface area (Å²) in [5, 5.41) is 3.73. The van der Waals surface area contributed by atoms with E-state index in [9.17, 15) is 9.59 Å². The van der Waals surface area contributed by atoms with E-state index < -0.39 is 0 Å². The predicted molar refractivity (Wildman–Crippen MR) is 86.2 cm³/mol. The minimum absolute atomic E-state index is 0.0116. The number of esters is 1. The van der Waals surface area contributed by atoms with Gasteiger partial charge in [0.15, 0.2) is 0 Å². The summed E-state index contributed by atoms with van der Waals surface area (Å²) in [4.78, 5) is 27.4. The number of oxime groups is 1. The highest BCUT2D eigenvalue weighted by Gasteiger charge is 2.23. The number of carbonyl (C=O) groups excluding carboxylic acids is 2. The first-order chi connectivity index (χ1) is 10.7. The van der Waals surface area contributed by atoms with E-state index in [4.69, 9.17) is 14.3 Å². The van der Waals surface area contributed by atoms with Crippen LogP contribution in [0.2, 0.25) is 0 Å². The second-order valence-corrected chi connectivity index (χ2v) is 5.98. The Hall–Kier alpha value is -2.05. The van der Waals surface area contributed by atoms with Crippen LogP contribution >= 0.6 is 0 Å². The molecule has 0 unspecified atom stereocenters. The molecule has 1 fully saturated rings. The molecule has 0 aromatic heterocycles. The number of cyclic esters (lactones) is 2. The maximum absolute atomic E-state index is 10.5. The number of amides is 1. The van der Waals surface area contributed by atoms with Crippen molar-refractivity contribution in [3.8, 4) is 0 Å². The fourth-order valence-electron chi connectivity index (χ4n) is 2.15. The van der Waals surface area contributed by atoms with Crippen LogP contribution in [0.1, 0.15) is 41.0 Å². The highest BCUT2D eigenvalue weighted by molar-refractivity contribution is 5.90. The second kappa shape index (κ2) is 8.55. The standard InChI is InChI=1S/C6H8O2.C5H9NO2.C5H9NO/c1-4-3-5(2)8-6(4)7;1-4-3-6(2)5(7)8-4;1-4-3-5(2)7-6-4/h3,5H,1-2H3;4H,3H2,1-2H3;5H,3H2,1-2H3/t5-;4-;5-/m000/s1. The van der Waals surface area contributed by atoms with Crippen molar-refractivity contribution < 1.29 is 23.9 Å². The first kappa shape index (κ1) is 19.0. The molecule has 1 amide bonds. The molecular weight excluding hydrogens is 300 g/mol. The lowest BCUT2D eigenvalue weighted by atomic mass is 10.2. The molecule has 0 saturated carbocycles. The summed E-state index contributed by atoms with van der Waals surface area (Å²) >= 11 is 0. The maximum Gasteiger partial charge on any atom is 0.409 e. The predicted octanol–water partition coefficient (Wildman–Crippen LogP) is 2.51. The van der Waals surface area contributed by atoms with Crippen molar-refractivity contribution in [2.24, 2.45) is 5.16 Å². The van der Waals surface area contributed by atoms with Crippen LogP contribution < -0.4 is 0 Å². The normalized spacial score (nSPS) is 28.4. The van der Waals surface area contributed by atoms with Crippen LogP contribution in [0.15, 0.2) is 16.8 Å². The van der Waals surface area contributed by atoms with Crippen molar-refractivity contribution in [3.63, 3.8) is 0 Å². The van der Waals surface area contributed by atoms with Crippen molar-refractivity contribution in [1.82, 2.24) is 4.90 Å². The lowest BCUT2D eigenvalue weighted by molar-refractivity contribution is -0.138. The van der Waals surface area contributed by atoms with Crippen LogP contribution in [0.4, 0.5) is 4.79 Å². The van der Waals surface area contributed by atoms with Gasteiger partial charge in [-0.2, -0.15) is 0 Å². The number of likely N-dealkylation sites (N-methyl/N-ethyl adjacent to an activating group) is 1. The zero-order valence-electron chi connectivity index (χ0n) is 14.7. The van der Waals surface area contributed by atoms with E-state index >= 15 is 0 Å². The van der Waals surface area contributed by atoms with Gasteiger partial charge in [0.05, 0.1) is 12.3 Å². The summed E-state index contributed by atoms with van der Waals surface area (Å²) in [5.41, 5.74) is 1.82. The SMILES string of the molecule is CC1=C[C@H](C)OC1=O.CC1=NO[C@@H](C)C1.C[C@H]1CN(C)C(=O)O1. The molecule has 3 aliphatic heterocycles. The van der Waals surface area contributed by atoms with Gasteiger partial charge in [-0.25, -0.2) is 9.59 Å². The van der Waals surface area contributed by atoms with E-state index in [-0.39, 0.29) is 24.3 Å². The fraction of sp³-hybridized carbons (Fsp3) is 0.688. The molecule has 3 atom stereocenters. The minimum atomic E-state index is -0.211. The van der Waals surface area contributed by atoms with Gasteiger partial charge in [0.1, 0.15) is 18.3 Å². The third kappa shape index (κ3) is 6.71. The monoisotopic (exact) mass is 326 g/mol. The smallest absolute Gasteiger partial charge is 0.409 e.